The van der Waals surface area contributed by atoms with Crippen LogP contribution in [-0.4, -0.2) is 31.1 Å². The molecule has 0 fully saturated rings. The summed E-state index contributed by atoms with van der Waals surface area (Å²) in [4.78, 5) is 2.41. The van der Waals surface area contributed by atoms with Crippen LogP contribution in [0.1, 0.15) is 20.3 Å². The molecule has 0 aliphatic carbocycles. The van der Waals surface area contributed by atoms with Gasteiger partial charge in [-0.3, -0.25) is 0 Å². The second kappa shape index (κ2) is 7.91. The third kappa shape index (κ3) is 5.58. The second-order valence-corrected chi connectivity index (χ2v) is 2.94. The van der Waals surface area contributed by atoms with E-state index in [9.17, 15) is 0 Å². The average Bonchev–Trinajstić information content (AvgIpc) is 1.99. The van der Waals surface area contributed by atoms with E-state index in [0.29, 0.717) is 0 Å². The molecular formula is C7H16NOZr. The normalized spacial score (nSPS) is 10.6. The number of rotatable bonds is 6. The van der Waals surface area contributed by atoms with Crippen molar-refractivity contribution >= 4 is 0 Å². The first-order valence-corrected chi connectivity index (χ1v) is 4.86. The SMILES string of the molecule is CCN(CC)CCC[O][Zr]. The van der Waals surface area contributed by atoms with Crippen molar-refractivity contribution in [3.05, 3.63) is 0 Å². The third-order valence-corrected chi connectivity index (χ3v) is 2.12. The van der Waals surface area contributed by atoms with Gasteiger partial charge in [0.1, 0.15) is 0 Å². The molecule has 0 aliphatic rings. The number of hydrogen-bond donors (Lipinski definition) is 0. The predicted molar refractivity (Wildman–Crippen MR) is 38.4 cm³/mol. The van der Waals surface area contributed by atoms with Gasteiger partial charge in [0.25, 0.3) is 0 Å². The van der Waals surface area contributed by atoms with Crippen LogP contribution in [0.4, 0.5) is 0 Å². The van der Waals surface area contributed by atoms with Crippen LogP contribution in [0.2, 0.25) is 0 Å². The minimum atomic E-state index is 0.925. The van der Waals surface area contributed by atoms with Crippen LogP contribution >= 0.6 is 0 Å². The topological polar surface area (TPSA) is 12.5 Å². The van der Waals surface area contributed by atoms with Gasteiger partial charge in [-0.25, -0.2) is 0 Å². The van der Waals surface area contributed by atoms with E-state index < -0.39 is 0 Å². The van der Waals surface area contributed by atoms with Gasteiger partial charge >= 0.3 is 79.4 Å². The molecule has 0 rings (SSSR count). The molecule has 0 atom stereocenters. The van der Waals surface area contributed by atoms with E-state index in [2.05, 4.69) is 18.7 Å². The van der Waals surface area contributed by atoms with Crippen molar-refractivity contribution in [1.29, 1.82) is 0 Å². The van der Waals surface area contributed by atoms with Crippen molar-refractivity contribution in [1.82, 2.24) is 4.90 Å². The van der Waals surface area contributed by atoms with E-state index in [4.69, 9.17) is 2.81 Å². The zero-order valence-corrected chi connectivity index (χ0v) is 9.35. The van der Waals surface area contributed by atoms with Gasteiger partial charge < -0.3 is 0 Å². The van der Waals surface area contributed by atoms with Crippen LogP contribution in [0.3, 0.4) is 0 Å². The third-order valence-electron chi connectivity index (χ3n) is 1.62. The molecule has 0 amide bonds. The molecule has 2 nitrogen and oxygen atoms in total. The summed E-state index contributed by atoms with van der Waals surface area (Å²) in [6, 6.07) is 0. The summed E-state index contributed by atoms with van der Waals surface area (Å²) in [5, 5.41) is 0. The van der Waals surface area contributed by atoms with E-state index in [1.54, 1.807) is 0 Å². The fraction of sp³-hybridized carbons (Fsp3) is 1.00. The molecule has 59 valence electrons. The fourth-order valence-electron chi connectivity index (χ4n) is 0.900. The Kier molecular flexibility index (Phi) is 8.54. The Morgan fingerprint density at radius 3 is 2.30 bits per heavy atom. The standard InChI is InChI=1S/C7H16NO.Zr/c1-3-8(4-2)6-5-7-9;/h3-7H2,1-2H3;/q-1;+1. The zero-order chi connectivity index (χ0) is 7.82. The molecule has 0 aromatic rings. The average molecular weight is 221 g/mol. The molecule has 3 heteroatoms. The van der Waals surface area contributed by atoms with Crippen molar-refractivity contribution in [3.63, 3.8) is 0 Å². The number of hydrogen-bond acceptors (Lipinski definition) is 2. The van der Waals surface area contributed by atoms with Gasteiger partial charge in [-0.15, -0.1) is 0 Å². The Hall–Kier alpha value is 0.803. The van der Waals surface area contributed by atoms with E-state index in [0.717, 1.165) is 19.7 Å². The van der Waals surface area contributed by atoms with Gasteiger partial charge in [-0.1, -0.05) is 0 Å². The van der Waals surface area contributed by atoms with Crippen LogP contribution in [0.25, 0.3) is 0 Å². The summed E-state index contributed by atoms with van der Waals surface area (Å²) in [5.74, 6) is 0. The van der Waals surface area contributed by atoms with Crippen LogP contribution < -0.4 is 0 Å². The van der Waals surface area contributed by atoms with Crippen LogP contribution in [-0.2, 0) is 28.0 Å². The first kappa shape index (κ1) is 10.8. The van der Waals surface area contributed by atoms with Gasteiger partial charge in [0.05, 0.1) is 0 Å². The molecule has 0 saturated heterocycles. The fourth-order valence-corrected chi connectivity index (χ4v) is 1.25. The summed E-state index contributed by atoms with van der Waals surface area (Å²) in [5.41, 5.74) is 0. The maximum absolute atomic E-state index is 5.04. The Bertz CT molecular complexity index is 66.6. The molecule has 0 radical (unpaired) electrons. The number of nitrogens with zero attached hydrogens (tertiary/aromatic N) is 1. The zero-order valence-electron chi connectivity index (χ0n) is 6.89. The van der Waals surface area contributed by atoms with E-state index in [1.165, 1.54) is 38.1 Å². The van der Waals surface area contributed by atoms with Gasteiger partial charge in [-0.2, -0.15) is 0 Å². The molecule has 0 aromatic heterocycles. The summed E-state index contributed by atoms with van der Waals surface area (Å²) < 4.78 is 5.04. The summed E-state index contributed by atoms with van der Waals surface area (Å²) in [7, 11) is 0. The van der Waals surface area contributed by atoms with E-state index >= 15 is 0 Å². The molecule has 0 bridgehead atoms. The molecular weight excluding hydrogens is 205 g/mol. The van der Waals surface area contributed by atoms with E-state index in [-0.39, 0.29) is 0 Å². The van der Waals surface area contributed by atoms with E-state index in [1.807, 2.05) is 0 Å². The minimum absolute atomic E-state index is 0.925. The molecule has 0 spiro atoms. The maximum atomic E-state index is 5.04. The van der Waals surface area contributed by atoms with Crippen LogP contribution in [0.5, 0.6) is 0 Å². The summed E-state index contributed by atoms with van der Waals surface area (Å²) in [6.45, 7) is 8.82. The second-order valence-electron chi connectivity index (χ2n) is 2.23. The van der Waals surface area contributed by atoms with Gasteiger partial charge in [0, 0.05) is 0 Å². The first-order chi connectivity index (χ1) is 4.85. The Labute approximate surface area is 79.4 Å². The molecule has 0 aromatic carbocycles. The molecule has 0 aliphatic heterocycles. The van der Waals surface area contributed by atoms with Crippen molar-refractivity contribution in [2.24, 2.45) is 0 Å². The molecule has 0 saturated carbocycles. The van der Waals surface area contributed by atoms with Gasteiger partial charge in [-0.05, 0) is 0 Å². The summed E-state index contributed by atoms with van der Waals surface area (Å²) >= 11 is 1.19. The quantitative estimate of drug-likeness (QED) is 0.625. The summed E-state index contributed by atoms with van der Waals surface area (Å²) in [6.07, 6.45) is 1.17. The van der Waals surface area contributed by atoms with Crippen molar-refractivity contribution in [2.75, 3.05) is 26.2 Å². The molecule has 10 heavy (non-hydrogen) atoms. The van der Waals surface area contributed by atoms with Crippen LogP contribution in [0, 0.1) is 0 Å². The molecule has 0 unspecified atom stereocenters. The Morgan fingerprint density at radius 2 is 1.90 bits per heavy atom. The van der Waals surface area contributed by atoms with Crippen LogP contribution in [0.15, 0.2) is 0 Å². The molecule has 0 heterocycles. The van der Waals surface area contributed by atoms with Crippen molar-refractivity contribution in [2.45, 2.75) is 20.3 Å². The first-order valence-electron chi connectivity index (χ1n) is 3.86. The molecule has 0 N–H and O–H groups in total. The van der Waals surface area contributed by atoms with Crippen molar-refractivity contribution < 1.29 is 28.0 Å². The van der Waals surface area contributed by atoms with Gasteiger partial charge in [0.15, 0.2) is 0 Å². The monoisotopic (exact) mass is 220 g/mol. The van der Waals surface area contributed by atoms with Gasteiger partial charge in [0.2, 0.25) is 0 Å². The Balaban J connectivity index is 3.09. The van der Waals surface area contributed by atoms with Crippen molar-refractivity contribution in [3.8, 4) is 0 Å². The predicted octanol–water partition coefficient (Wildman–Crippen LogP) is 1.20. The Morgan fingerprint density at radius 1 is 1.30 bits per heavy atom.